The molecule has 26 heavy (non-hydrogen) atoms. The Morgan fingerprint density at radius 3 is 2.35 bits per heavy atom. The first-order valence-corrected chi connectivity index (χ1v) is 9.35. The Morgan fingerprint density at radius 2 is 1.58 bits per heavy atom. The van der Waals surface area contributed by atoms with Gasteiger partial charge in [-0.1, -0.05) is 42.5 Å². The summed E-state index contributed by atoms with van der Waals surface area (Å²) in [7, 11) is 0. The Hall–Kier alpha value is -3.00. The van der Waals surface area contributed by atoms with Crippen molar-refractivity contribution >= 4 is 22.3 Å². The molecule has 0 saturated heterocycles. The highest BCUT2D eigenvalue weighted by atomic mass is 15.0. The Balaban J connectivity index is 1.36. The third-order valence-electron chi connectivity index (χ3n) is 5.21. The van der Waals surface area contributed by atoms with Gasteiger partial charge in [0.05, 0.1) is 0 Å². The lowest BCUT2D eigenvalue weighted by atomic mass is 10.1. The van der Waals surface area contributed by atoms with Crippen molar-refractivity contribution in [2.24, 2.45) is 0 Å². The zero-order chi connectivity index (χ0) is 17.3. The maximum atomic E-state index is 3.53. The molecular formula is C24H22N2. The molecule has 1 aliphatic rings. The number of rotatable bonds is 5. The minimum Gasteiger partial charge on any atom is -0.356 e. The van der Waals surface area contributed by atoms with Gasteiger partial charge >= 0.3 is 0 Å². The fourth-order valence-corrected chi connectivity index (χ4v) is 3.62. The molecule has 1 aliphatic carbocycles. The van der Waals surface area contributed by atoms with E-state index in [1.54, 1.807) is 0 Å². The summed E-state index contributed by atoms with van der Waals surface area (Å²) in [5.41, 5.74) is 6.35. The summed E-state index contributed by atoms with van der Waals surface area (Å²) in [6.07, 6.45) is 4.87. The minimum atomic E-state index is 0.810. The molecule has 1 saturated carbocycles. The molecule has 0 unspecified atom stereocenters. The molecule has 2 heteroatoms. The van der Waals surface area contributed by atoms with Gasteiger partial charge in [0, 0.05) is 35.0 Å². The number of nitrogens with one attached hydrogen (secondary N) is 1. The molecule has 128 valence electrons. The van der Waals surface area contributed by atoms with Crippen molar-refractivity contribution in [1.29, 1.82) is 0 Å². The Labute approximate surface area is 154 Å². The number of benzene rings is 3. The van der Waals surface area contributed by atoms with Gasteiger partial charge < -0.3 is 9.88 Å². The van der Waals surface area contributed by atoms with E-state index in [1.807, 2.05) is 0 Å². The van der Waals surface area contributed by atoms with E-state index in [4.69, 9.17) is 0 Å². The molecule has 4 aromatic rings. The van der Waals surface area contributed by atoms with Gasteiger partial charge in [0.1, 0.15) is 0 Å². The molecule has 1 N–H and O–H groups in total. The number of hydrogen-bond donors (Lipinski definition) is 1. The number of aromatic nitrogens is 1. The van der Waals surface area contributed by atoms with Gasteiger partial charge in [0.2, 0.25) is 0 Å². The maximum absolute atomic E-state index is 3.53. The monoisotopic (exact) mass is 338 g/mol. The van der Waals surface area contributed by atoms with E-state index in [1.165, 1.54) is 34.9 Å². The number of nitrogens with zero attached hydrogens (tertiary/aromatic N) is 1. The van der Waals surface area contributed by atoms with Crippen LogP contribution < -0.4 is 5.32 Å². The van der Waals surface area contributed by atoms with E-state index in [2.05, 4.69) is 94.9 Å². The van der Waals surface area contributed by atoms with Crippen molar-refractivity contribution in [2.45, 2.75) is 25.3 Å². The Morgan fingerprint density at radius 1 is 0.808 bits per heavy atom. The van der Waals surface area contributed by atoms with Crippen molar-refractivity contribution in [3.63, 3.8) is 0 Å². The molecule has 3 aromatic carbocycles. The molecular weight excluding hydrogens is 316 g/mol. The van der Waals surface area contributed by atoms with Crippen molar-refractivity contribution < 1.29 is 0 Å². The fraction of sp³-hybridized carbons (Fsp3) is 0.167. The average molecular weight is 338 g/mol. The third kappa shape index (κ3) is 3.11. The van der Waals surface area contributed by atoms with Crippen LogP contribution in [0.3, 0.4) is 0 Å². The van der Waals surface area contributed by atoms with E-state index in [9.17, 15) is 0 Å². The summed E-state index contributed by atoms with van der Waals surface area (Å²) in [4.78, 5) is 0. The van der Waals surface area contributed by atoms with Crippen LogP contribution in [0.15, 0.2) is 85.1 Å². The summed E-state index contributed by atoms with van der Waals surface area (Å²) in [6.45, 7) is 0.903. The quantitative estimate of drug-likeness (QED) is 0.451. The van der Waals surface area contributed by atoms with Crippen LogP contribution in [0, 0.1) is 0 Å². The van der Waals surface area contributed by atoms with E-state index >= 15 is 0 Å². The van der Waals surface area contributed by atoms with E-state index in [0.717, 1.165) is 23.8 Å². The van der Waals surface area contributed by atoms with Crippen LogP contribution in [0.5, 0.6) is 0 Å². The molecule has 1 fully saturated rings. The highest BCUT2D eigenvalue weighted by Crippen LogP contribution is 2.40. The first-order valence-electron chi connectivity index (χ1n) is 9.35. The van der Waals surface area contributed by atoms with Gasteiger partial charge in [0.25, 0.3) is 0 Å². The second kappa shape index (κ2) is 6.38. The Kier molecular flexibility index (Phi) is 3.75. The van der Waals surface area contributed by atoms with Crippen molar-refractivity contribution in [1.82, 2.24) is 4.57 Å². The van der Waals surface area contributed by atoms with Crippen LogP contribution in [-0.2, 0) is 6.54 Å². The molecule has 0 aliphatic heterocycles. The highest BCUT2D eigenvalue weighted by Gasteiger charge is 2.22. The van der Waals surface area contributed by atoms with Gasteiger partial charge in [-0.15, -0.1) is 0 Å². The first-order chi connectivity index (χ1) is 12.8. The number of hydrogen-bond acceptors (Lipinski definition) is 1. The van der Waals surface area contributed by atoms with Crippen molar-refractivity contribution in [2.75, 3.05) is 5.32 Å². The van der Waals surface area contributed by atoms with Gasteiger partial charge in [0.15, 0.2) is 0 Å². The molecule has 0 amide bonds. The Bertz CT molecular complexity index is 1020. The lowest BCUT2D eigenvalue weighted by Gasteiger charge is -2.09. The second-order valence-corrected chi connectivity index (χ2v) is 7.22. The summed E-state index contributed by atoms with van der Waals surface area (Å²) < 4.78 is 2.30. The molecule has 0 spiro atoms. The summed E-state index contributed by atoms with van der Waals surface area (Å²) in [5, 5.41) is 4.80. The number of anilines is 2. The standard InChI is InChI=1S/C24H22N2/c1-2-4-18(5-3-1)17-26-15-14-21-16-23(12-13-24(21)26)25-22-10-8-20(9-11-22)19-6-7-19/h1-5,8-16,19,25H,6-7,17H2. The topological polar surface area (TPSA) is 17.0 Å². The summed E-state index contributed by atoms with van der Waals surface area (Å²) in [5.74, 6) is 0.810. The maximum Gasteiger partial charge on any atom is 0.0484 e. The van der Waals surface area contributed by atoms with E-state index in [0.29, 0.717) is 0 Å². The van der Waals surface area contributed by atoms with Crippen LogP contribution in [0.2, 0.25) is 0 Å². The van der Waals surface area contributed by atoms with Gasteiger partial charge in [-0.05, 0) is 66.3 Å². The SMILES string of the molecule is c1ccc(Cn2ccc3cc(Nc4ccc(C5CC5)cc4)ccc32)cc1. The van der Waals surface area contributed by atoms with E-state index < -0.39 is 0 Å². The lowest BCUT2D eigenvalue weighted by molar-refractivity contribution is 0.837. The van der Waals surface area contributed by atoms with Crippen LogP contribution in [0.25, 0.3) is 10.9 Å². The summed E-state index contributed by atoms with van der Waals surface area (Å²) >= 11 is 0. The van der Waals surface area contributed by atoms with Crippen LogP contribution in [-0.4, -0.2) is 4.57 Å². The largest absolute Gasteiger partial charge is 0.356 e. The van der Waals surface area contributed by atoms with Gasteiger partial charge in [-0.2, -0.15) is 0 Å². The molecule has 1 aromatic heterocycles. The van der Waals surface area contributed by atoms with Gasteiger partial charge in [-0.3, -0.25) is 0 Å². The normalized spacial score (nSPS) is 13.8. The van der Waals surface area contributed by atoms with Crippen LogP contribution in [0.1, 0.15) is 29.9 Å². The van der Waals surface area contributed by atoms with Crippen molar-refractivity contribution in [3.8, 4) is 0 Å². The molecule has 1 heterocycles. The average Bonchev–Trinajstić information content (AvgIpc) is 3.46. The molecule has 2 nitrogen and oxygen atoms in total. The predicted octanol–water partition coefficient (Wildman–Crippen LogP) is 6.31. The van der Waals surface area contributed by atoms with Crippen LogP contribution >= 0.6 is 0 Å². The fourth-order valence-electron chi connectivity index (χ4n) is 3.62. The lowest BCUT2D eigenvalue weighted by Crippen LogP contribution is -1.97. The summed E-state index contributed by atoms with van der Waals surface area (Å²) in [6, 6.07) is 28.3. The second-order valence-electron chi connectivity index (χ2n) is 7.22. The zero-order valence-corrected chi connectivity index (χ0v) is 14.7. The first kappa shape index (κ1) is 15.3. The van der Waals surface area contributed by atoms with Crippen LogP contribution in [0.4, 0.5) is 11.4 Å². The predicted molar refractivity (Wildman–Crippen MR) is 109 cm³/mol. The zero-order valence-electron chi connectivity index (χ0n) is 14.7. The molecule has 0 bridgehead atoms. The highest BCUT2D eigenvalue weighted by molar-refractivity contribution is 5.84. The molecule has 5 rings (SSSR count). The molecule has 0 radical (unpaired) electrons. The smallest absolute Gasteiger partial charge is 0.0484 e. The minimum absolute atomic E-state index is 0.810. The van der Waals surface area contributed by atoms with Gasteiger partial charge in [-0.25, -0.2) is 0 Å². The third-order valence-corrected chi connectivity index (χ3v) is 5.21. The van der Waals surface area contributed by atoms with E-state index in [-0.39, 0.29) is 0 Å². The number of fused-ring (bicyclic) bond motifs is 1. The van der Waals surface area contributed by atoms with Crippen molar-refractivity contribution in [3.05, 3.63) is 96.2 Å². The molecule has 0 atom stereocenters.